The van der Waals surface area contributed by atoms with Crippen molar-refractivity contribution in [2.45, 2.75) is 63.6 Å². The van der Waals surface area contributed by atoms with Crippen molar-refractivity contribution in [3.05, 3.63) is 35.5 Å². The number of benzene rings is 1. The summed E-state index contributed by atoms with van der Waals surface area (Å²) < 4.78 is 9.99. The van der Waals surface area contributed by atoms with E-state index in [4.69, 9.17) is 9.47 Å². The first-order valence-electron chi connectivity index (χ1n) is 15.4. The summed E-state index contributed by atoms with van der Waals surface area (Å²) in [4.78, 5) is 83.2. The van der Waals surface area contributed by atoms with Crippen molar-refractivity contribution in [3.8, 4) is 5.75 Å². The summed E-state index contributed by atoms with van der Waals surface area (Å²) in [6.45, 7) is 6.62. The van der Waals surface area contributed by atoms with E-state index in [-0.39, 0.29) is 85.9 Å². The predicted octanol–water partition coefficient (Wildman–Crippen LogP) is 1.88. The van der Waals surface area contributed by atoms with Gasteiger partial charge in [0.15, 0.2) is 0 Å². The predicted molar refractivity (Wildman–Crippen MR) is 168 cm³/mol. The van der Waals surface area contributed by atoms with Crippen LogP contribution in [0.1, 0.15) is 62.0 Å². The zero-order chi connectivity index (χ0) is 33.4. The topological polar surface area (TPSA) is 176 Å². The van der Waals surface area contributed by atoms with E-state index >= 15 is 0 Å². The number of hydrogen-bond donors (Lipinski definition) is 2. The van der Waals surface area contributed by atoms with E-state index in [1.165, 1.54) is 11.1 Å². The quantitative estimate of drug-likeness (QED) is 0.232. The van der Waals surface area contributed by atoms with Crippen LogP contribution in [-0.2, 0) is 23.9 Å². The number of aryl methyl sites for hydroxylation is 1. The number of carboxylic acids is 1. The van der Waals surface area contributed by atoms with Gasteiger partial charge >= 0.3 is 274 Å². The molecule has 3 atom stereocenters. The maximum absolute atomic E-state index is 13.7. The van der Waals surface area contributed by atoms with Crippen LogP contribution in [0.2, 0.25) is 4.71 Å². The number of amides is 4. The Balaban J connectivity index is 1.48. The molecular formula is C31H40AsN5O9. The number of rotatable bonds is 13. The summed E-state index contributed by atoms with van der Waals surface area (Å²) >= 11 is -1.75. The summed E-state index contributed by atoms with van der Waals surface area (Å²) in [6.07, 6.45) is 1.16. The third kappa shape index (κ3) is 8.96. The molecule has 2 aromatic rings. The fraction of sp³-hybridized carbons (Fsp3) is 0.516. The molecule has 15 heteroatoms. The molecule has 2 aliphatic rings. The molecule has 4 amide bonds. The van der Waals surface area contributed by atoms with E-state index in [1.807, 2.05) is 19.9 Å². The van der Waals surface area contributed by atoms with Crippen LogP contribution in [0.15, 0.2) is 24.3 Å². The molecule has 2 unspecified atom stereocenters. The third-order valence-corrected chi connectivity index (χ3v) is 10.7. The molecule has 2 fully saturated rings. The van der Waals surface area contributed by atoms with E-state index in [1.54, 1.807) is 28.9 Å². The standard InChI is InChI=1S/C31H40AsN5O9/c1-4-5-14-45-31(44)36-12-10-35(11-13-36)30(43)22(8-9-28(40)41)32-29(42)24-17-25(21-7-6-19(2)15-23(21)33-24)46-18-27(39)37-20(3)16-26(38)34-37/h6-7,15,17,20,22,32H,4-5,8-14,16,18H2,1-3H3,(H,34,38)(H,40,41)/t20?,22-/m0/s1. The Labute approximate surface area is 273 Å². The van der Waals surface area contributed by atoms with Crippen molar-refractivity contribution in [2.75, 3.05) is 39.4 Å². The number of nitrogens with zero attached hydrogens (tertiary/aromatic N) is 4. The van der Waals surface area contributed by atoms with Gasteiger partial charge in [-0.25, -0.2) is 0 Å². The van der Waals surface area contributed by atoms with Gasteiger partial charge in [0.05, 0.1) is 0 Å². The number of aromatic nitrogens is 1. The molecule has 1 aromatic carbocycles. The molecule has 2 aliphatic heterocycles. The van der Waals surface area contributed by atoms with E-state index in [9.17, 15) is 33.9 Å². The Hall–Kier alpha value is -4.19. The Morgan fingerprint density at radius 3 is 2.48 bits per heavy atom. The van der Waals surface area contributed by atoms with Gasteiger partial charge < -0.3 is 0 Å². The van der Waals surface area contributed by atoms with Crippen molar-refractivity contribution in [1.29, 1.82) is 0 Å². The molecule has 14 nitrogen and oxygen atoms in total. The molecular weight excluding hydrogens is 661 g/mol. The third-order valence-electron chi connectivity index (χ3n) is 7.77. The second-order valence-corrected chi connectivity index (χ2v) is 14.4. The van der Waals surface area contributed by atoms with E-state index in [0.717, 1.165) is 18.4 Å². The monoisotopic (exact) mass is 701 g/mol. The zero-order valence-electron chi connectivity index (χ0n) is 26.2. The number of carbonyl (C=O) groups excluding carboxylic acids is 5. The van der Waals surface area contributed by atoms with Crippen LogP contribution in [-0.4, -0.2) is 120 Å². The molecule has 2 N–H and O–H groups in total. The second kappa shape index (κ2) is 15.9. The number of hydrogen-bond acceptors (Lipinski definition) is 9. The van der Waals surface area contributed by atoms with Crippen LogP contribution in [0.5, 0.6) is 5.75 Å². The van der Waals surface area contributed by atoms with Gasteiger partial charge in [-0.3, -0.25) is 0 Å². The van der Waals surface area contributed by atoms with Crippen LogP contribution < -0.4 is 10.2 Å². The molecule has 0 aliphatic carbocycles. The molecule has 2 saturated heterocycles. The molecule has 1 aromatic heterocycles. The molecule has 0 saturated carbocycles. The van der Waals surface area contributed by atoms with Gasteiger partial charge in [0, 0.05) is 0 Å². The Morgan fingerprint density at radius 1 is 1.11 bits per heavy atom. The number of pyridine rings is 1. The number of nitrogens with one attached hydrogen (secondary N) is 1. The van der Waals surface area contributed by atoms with Gasteiger partial charge in [-0.1, -0.05) is 0 Å². The Bertz CT molecular complexity index is 1490. The summed E-state index contributed by atoms with van der Waals surface area (Å²) in [7, 11) is 0. The SMILES string of the molecule is CCCCOC(=O)N1CCN(C(=O)[C@H](CCC(=O)O)[AsH]C(=O)c2cc(OCC(=O)N3NC(=O)CC3C)c3ccc(C)cc3n2)CC1. The molecule has 0 bridgehead atoms. The number of unbranched alkanes of at least 4 members (excludes halogenated alkanes) is 1. The first-order valence-corrected chi connectivity index (χ1v) is 17.6. The van der Waals surface area contributed by atoms with Crippen LogP contribution in [0.25, 0.3) is 10.9 Å². The Morgan fingerprint density at radius 2 is 1.83 bits per heavy atom. The normalized spacial score (nSPS) is 17.3. The number of piperazine rings is 1. The molecule has 0 spiro atoms. The fourth-order valence-electron chi connectivity index (χ4n) is 5.19. The van der Waals surface area contributed by atoms with Crippen LogP contribution in [0.3, 0.4) is 0 Å². The minimum absolute atomic E-state index is 0.00344. The fourth-order valence-corrected chi connectivity index (χ4v) is 7.68. The maximum atomic E-state index is 13.7. The first kappa shape index (κ1) is 34.7. The summed E-state index contributed by atoms with van der Waals surface area (Å²) in [5.41, 5.74) is 3.94. The van der Waals surface area contributed by atoms with Gasteiger partial charge in [0.25, 0.3) is 0 Å². The number of ether oxygens (including phenoxy) is 2. The molecule has 248 valence electrons. The van der Waals surface area contributed by atoms with Crippen molar-refractivity contribution in [1.82, 2.24) is 25.2 Å². The van der Waals surface area contributed by atoms with Crippen molar-refractivity contribution >= 4 is 61.0 Å². The summed E-state index contributed by atoms with van der Waals surface area (Å²) in [6, 6.07) is 6.53. The van der Waals surface area contributed by atoms with Gasteiger partial charge in [0.1, 0.15) is 0 Å². The van der Waals surface area contributed by atoms with E-state index in [0.29, 0.717) is 17.5 Å². The van der Waals surface area contributed by atoms with Crippen LogP contribution in [0.4, 0.5) is 4.79 Å². The van der Waals surface area contributed by atoms with Gasteiger partial charge in [-0.15, -0.1) is 0 Å². The number of carbonyl (C=O) groups is 6. The summed E-state index contributed by atoms with van der Waals surface area (Å²) in [5, 5.41) is 11.2. The van der Waals surface area contributed by atoms with Crippen molar-refractivity contribution in [3.63, 3.8) is 0 Å². The molecule has 4 rings (SSSR count). The molecule has 3 heterocycles. The average molecular weight is 702 g/mol. The number of fused-ring (bicyclic) bond motifs is 1. The first-order chi connectivity index (χ1) is 22.0. The minimum atomic E-state index is -1.75. The molecule has 0 radical (unpaired) electrons. The van der Waals surface area contributed by atoms with Gasteiger partial charge in [-0.2, -0.15) is 0 Å². The number of aliphatic carboxylic acids is 1. The zero-order valence-corrected chi connectivity index (χ0v) is 28.3. The van der Waals surface area contributed by atoms with E-state index in [2.05, 4.69) is 10.4 Å². The summed E-state index contributed by atoms with van der Waals surface area (Å²) in [5.74, 6) is -1.84. The van der Waals surface area contributed by atoms with Crippen LogP contribution >= 0.6 is 0 Å². The van der Waals surface area contributed by atoms with Crippen LogP contribution in [0, 0.1) is 6.92 Å². The van der Waals surface area contributed by atoms with Gasteiger partial charge in [-0.05, 0) is 0 Å². The number of carboxylic acid groups (broad SMARTS) is 1. The Kier molecular flexibility index (Phi) is 12.0. The average Bonchev–Trinajstić information content (AvgIpc) is 3.38. The van der Waals surface area contributed by atoms with Gasteiger partial charge in [0.2, 0.25) is 0 Å². The second-order valence-electron chi connectivity index (χ2n) is 11.4. The number of hydrazine groups is 1. The van der Waals surface area contributed by atoms with E-state index < -0.39 is 38.4 Å². The molecule has 46 heavy (non-hydrogen) atoms. The van der Waals surface area contributed by atoms with Crippen molar-refractivity contribution < 1.29 is 43.3 Å². The van der Waals surface area contributed by atoms with Crippen molar-refractivity contribution in [2.24, 2.45) is 0 Å².